The largest absolute Gasteiger partial charge is 0.466 e. The molecular weight excluding hydrogens is 464 g/mol. The summed E-state index contributed by atoms with van der Waals surface area (Å²) in [6.07, 6.45) is 0.635. The van der Waals surface area contributed by atoms with Crippen molar-refractivity contribution in [1.29, 1.82) is 0 Å². The van der Waals surface area contributed by atoms with Crippen molar-refractivity contribution in [2.24, 2.45) is 0 Å². The molecule has 1 aromatic heterocycles. The van der Waals surface area contributed by atoms with Gasteiger partial charge in [0.1, 0.15) is 5.41 Å². The fourth-order valence-corrected chi connectivity index (χ4v) is 3.93. The van der Waals surface area contributed by atoms with Gasteiger partial charge in [-0.25, -0.2) is 14.6 Å². The number of hydrogen-bond donors (Lipinski definition) is 1. The number of ether oxygens (including phenoxy) is 3. The highest BCUT2D eigenvalue weighted by Crippen LogP contribution is 2.40. The van der Waals surface area contributed by atoms with Gasteiger partial charge in [0.15, 0.2) is 18.2 Å². The Labute approximate surface area is 201 Å². The van der Waals surface area contributed by atoms with Gasteiger partial charge in [-0.3, -0.25) is 4.79 Å². The monoisotopic (exact) mass is 491 g/mol. The normalized spacial score (nSPS) is 14.3. The number of carbonyl (C=O) groups is 3. The van der Waals surface area contributed by atoms with Crippen molar-refractivity contribution in [2.45, 2.75) is 38.7 Å². The van der Waals surface area contributed by atoms with Crippen LogP contribution in [-0.4, -0.2) is 61.3 Å². The van der Waals surface area contributed by atoms with Crippen molar-refractivity contribution in [3.63, 3.8) is 0 Å². The highest BCUT2D eigenvalue weighted by atomic mass is 19.3. The van der Waals surface area contributed by atoms with Crippen LogP contribution in [0.15, 0.2) is 36.5 Å². The number of likely N-dealkylation sites (tertiary alicyclic amines) is 1. The van der Waals surface area contributed by atoms with Crippen molar-refractivity contribution in [1.82, 2.24) is 9.88 Å². The molecule has 0 aliphatic carbocycles. The number of benzene rings is 1. The summed E-state index contributed by atoms with van der Waals surface area (Å²) in [5.41, 5.74) is 0.945. The quantitative estimate of drug-likeness (QED) is 0.562. The van der Waals surface area contributed by atoms with Gasteiger partial charge in [0.05, 0.1) is 7.11 Å². The minimum atomic E-state index is -3.10. The van der Waals surface area contributed by atoms with E-state index >= 15 is 0 Å². The third kappa shape index (κ3) is 5.67. The van der Waals surface area contributed by atoms with Crippen molar-refractivity contribution in [3.05, 3.63) is 53.2 Å². The summed E-state index contributed by atoms with van der Waals surface area (Å²) in [6.45, 7) is 1.83. The summed E-state index contributed by atoms with van der Waals surface area (Å²) in [7, 11) is 1.17. The molecule has 1 aliphatic rings. The van der Waals surface area contributed by atoms with Crippen molar-refractivity contribution in [3.8, 4) is 5.75 Å². The average Bonchev–Trinajstić information content (AvgIpc) is 2.78. The number of rotatable bonds is 8. The number of carbonyl (C=O) groups excluding carboxylic acids is 3. The number of alkyl halides is 2. The summed E-state index contributed by atoms with van der Waals surface area (Å²) in [4.78, 5) is 42.7. The minimum absolute atomic E-state index is 0.0561. The lowest BCUT2D eigenvalue weighted by molar-refractivity contribution is -0.145. The first kappa shape index (κ1) is 25.9. The second kappa shape index (κ2) is 10.7. The number of anilines is 1. The number of nitrogens with one attached hydrogen (secondary N) is 1. The first-order valence-corrected chi connectivity index (χ1v) is 10.9. The van der Waals surface area contributed by atoms with E-state index in [4.69, 9.17) is 4.74 Å². The lowest BCUT2D eigenvalue weighted by atomic mass is 9.70. The van der Waals surface area contributed by atoms with Gasteiger partial charge >= 0.3 is 18.7 Å². The molecule has 0 spiro atoms. The lowest BCUT2D eigenvalue weighted by Crippen LogP contribution is -2.66. The van der Waals surface area contributed by atoms with Gasteiger partial charge in [0, 0.05) is 19.3 Å². The Morgan fingerprint density at radius 1 is 1.20 bits per heavy atom. The molecule has 11 heteroatoms. The van der Waals surface area contributed by atoms with Crippen LogP contribution in [0.1, 0.15) is 36.5 Å². The molecule has 1 fully saturated rings. The van der Waals surface area contributed by atoms with Gasteiger partial charge in [-0.1, -0.05) is 38.1 Å². The fraction of sp³-hybridized carbons (Fsp3) is 0.417. The maximum absolute atomic E-state index is 13.6. The molecule has 0 saturated carbocycles. The summed E-state index contributed by atoms with van der Waals surface area (Å²) in [6, 6.07) is 8.67. The molecule has 1 N–H and O–H groups in total. The Hall–Kier alpha value is -3.76. The first-order chi connectivity index (χ1) is 16.6. The van der Waals surface area contributed by atoms with Crippen LogP contribution in [0.3, 0.4) is 0 Å². The fourth-order valence-electron chi connectivity index (χ4n) is 3.93. The van der Waals surface area contributed by atoms with E-state index in [2.05, 4.69) is 19.8 Å². The van der Waals surface area contributed by atoms with Crippen LogP contribution in [0.5, 0.6) is 5.75 Å². The molecule has 35 heavy (non-hydrogen) atoms. The van der Waals surface area contributed by atoms with E-state index in [0.29, 0.717) is 11.1 Å². The van der Waals surface area contributed by atoms with Crippen LogP contribution in [0.25, 0.3) is 0 Å². The molecule has 2 heterocycles. The highest BCUT2D eigenvalue weighted by molar-refractivity contribution is 6.02. The van der Waals surface area contributed by atoms with Crippen molar-refractivity contribution >= 4 is 23.8 Å². The maximum atomic E-state index is 13.6. The number of esters is 1. The highest BCUT2D eigenvalue weighted by Gasteiger charge is 2.54. The molecule has 0 bridgehead atoms. The summed E-state index contributed by atoms with van der Waals surface area (Å²) < 4.78 is 39.8. The zero-order valence-corrected chi connectivity index (χ0v) is 19.8. The molecule has 188 valence electrons. The smallest absolute Gasteiger partial charge is 0.410 e. The van der Waals surface area contributed by atoms with Gasteiger partial charge < -0.3 is 24.4 Å². The summed E-state index contributed by atoms with van der Waals surface area (Å²) in [5.74, 6) is -1.63. The molecule has 0 atom stereocenters. The van der Waals surface area contributed by atoms with Crippen LogP contribution < -0.4 is 10.1 Å². The summed E-state index contributed by atoms with van der Waals surface area (Å²) in [5, 5.41) is 2.61. The number of hydrogen-bond acceptors (Lipinski definition) is 7. The molecule has 1 saturated heterocycles. The standard InChI is InChI=1S/C24H27F2N3O6/c1-14(2)16-7-5-6-8-17(16)24(12-29(13-24)23(32)34-11-19(30)33-4)21(31)28-20-18(35-22(25)26)9-15(3)10-27-20/h5-10,14,22H,11-13H2,1-4H3,(H,27,28,31). The Bertz CT molecular complexity index is 1100. The molecule has 0 radical (unpaired) electrons. The van der Waals surface area contributed by atoms with Gasteiger partial charge in [0.25, 0.3) is 0 Å². The first-order valence-electron chi connectivity index (χ1n) is 10.9. The van der Waals surface area contributed by atoms with Crippen LogP contribution >= 0.6 is 0 Å². The summed E-state index contributed by atoms with van der Waals surface area (Å²) >= 11 is 0. The Kier molecular flexibility index (Phi) is 7.88. The Balaban J connectivity index is 1.92. The Morgan fingerprint density at radius 2 is 1.89 bits per heavy atom. The Morgan fingerprint density at radius 3 is 2.51 bits per heavy atom. The predicted molar refractivity (Wildman–Crippen MR) is 121 cm³/mol. The number of halogens is 2. The van der Waals surface area contributed by atoms with Gasteiger partial charge in [-0.2, -0.15) is 8.78 Å². The molecule has 2 amide bonds. The lowest BCUT2D eigenvalue weighted by Gasteiger charge is -2.49. The van der Waals surface area contributed by atoms with Crippen LogP contribution in [0, 0.1) is 6.92 Å². The predicted octanol–water partition coefficient (Wildman–Crippen LogP) is 3.62. The molecule has 1 aliphatic heterocycles. The number of amides is 2. The molecule has 9 nitrogen and oxygen atoms in total. The van der Waals surface area contributed by atoms with Gasteiger partial charge in [0.2, 0.25) is 5.91 Å². The molecule has 0 unspecified atom stereocenters. The second-order valence-corrected chi connectivity index (χ2v) is 8.50. The van der Waals surface area contributed by atoms with E-state index in [1.54, 1.807) is 19.1 Å². The third-order valence-electron chi connectivity index (χ3n) is 5.69. The van der Waals surface area contributed by atoms with E-state index in [-0.39, 0.29) is 30.6 Å². The second-order valence-electron chi connectivity index (χ2n) is 8.50. The van der Waals surface area contributed by atoms with Crippen LogP contribution in [-0.2, 0) is 24.5 Å². The maximum Gasteiger partial charge on any atom is 0.410 e. The number of aromatic nitrogens is 1. The van der Waals surface area contributed by atoms with Gasteiger partial charge in [-0.05, 0) is 35.6 Å². The zero-order chi connectivity index (χ0) is 25.8. The van der Waals surface area contributed by atoms with E-state index in [9.17, 15) is 23.2 Å². The van der Waals surface area contributed by atoms with E-state index in [0.717, 1.165) is 5.56 Å². The molecule has 3 rings (SSSR count). The number of methoxy groups -OCH3 is 1. The molecular formula is C24H27F2N3O6. The SMILES string of the molecule is COC(=O)COC(=O)N1CC(C(=O)Nc2ncc(C)cc2OC(F)F)(c2ccccc2C(C)C)C1. The van der Waals surface area contributed by atoms with Crippen LogP contribution in [0.2, 0.25) is 0 Å². The number of nitrogens with zero attached hydrogens (tertiary/aromatic N) is 2. The third-order valence-corrected chi connectivity index (χ3v) is 5.69. The van der Waals surface area contributed by atoms with Gasteiger partial charge in [-0.15, -0.1) is 0 Å². The van der Waals surface area contributed by atoms with E-state index < -0.39 is 36.6 Å². The average molecular weight is 491 g/mol. The topological polar surface area (TPSA) is 107 Å². The number of aryl methyl sites for hydroxylation is 1. The van der Waals surface area contributed by atoms with E-state index in [1.807, 2.05) is 26.0 Å². The van der Waals surface area contributed by atoms with Crippen LogP contribution in [0.4, 0.5) is 19.4 Å². The minimum Gasteiger partial charge on any atom is -0.466 e. The molecule has 2 aromatic rings. The van der Waals surface area contributed by atoms with Crippen molar-refractivity contribution < 1.29 is 37.4 Å². The van der Waals surface area contributed by atoms with Crippen molar-refractivity contribution in [2.75, 3.05) is 32.1 Å². The number of pyridine rings is 1. The zero-order valence-electron chi connectivity index (χ0n) is 19.8. The van der Waals surface area contributed by atoms with E-state index in [1.165, 1.54) is 24.3 Å². The molecule has 1 aromatic carbocycles.